The zero-order chi connectivity index (χ0) is 22.7. The van der Waals surface area contributed by atoms with Gasteiger partial charge in [0.05, 0.1) is 5.69 Å². The molecule has 0 bridgehead atoms. The molecular formula is C21H19F2N5O3. The lowest BCUT2D eigenvalue weighted by Crippen LogP contribution is -2.49. The number of carbonyl (C=O) groups excluding carboxylic acids is 2. The summed E-state index contributed by atoms with van der Waals surface area (Å²) < 4.78 is 32.3. The standard InChI is InChI=1S/C21H19F2N5O3/c1-5-24-19-12(3)31-10-16(21(30)28(19)4)26-20(29)18-25-9-11(2)17(27-18)13-6-7-14(22)15(23)8-13/h5-9,16H,1,3,10H2,2,4H3,(H,26,29)/t16-/m0/s1. The molecule has 0 unspecified atom stereocenters. The number of hydrogen-bond donors (Lipinski definition) is 1. The van der Waals surface area contributed by atoms with E-state index >= 15 is 0 Å². The quantitative estimate of drug-likeness (QED) is 0.808. The van der Waals surface area contributed by atoms with E-state index in [1.807, 2.05) is 0 Å². The summed E-state index contributed by atoms with van der Waals surface area (Å²) in [6, 6.07) is 2.25. The molecule has 1 saturated heterocycles. The van der Waals surface area contributed by atoms with Gasteiger partial charge < -0.3 is 10.1 Å². The summed E-state index contributed by atoms with van der Waals surface area (Å²) in [5, 5.41) is 2.52. The van der Waals surface area contributed by atoms with Crippen molar-refractivity contribution in [2.75, 3.05) is 13.7 Å². The van der Waals surface area contributed by atoms with Crippen LogP contribution in [0.4, 0.5) is 8.78 Å². The molecule has 3 rings (SSSR count). The average molecular weight is 427 g/mol. The molecule has 31 heavy (non-hydrogen) atoms. The zero-order valence-corrected chi connectivity index (χ0v) is 16.9. The van der Waals surface area contributed by atoms with Gasteiger partial charge in [0.25, 0.3) is 11.8 Å². The fourth-order valence-electron chi connectivity index (χ4n) is 2.90. The highest BCUT2D eigenvalue weighted by Crippen LogP contribution is 2.23. The van der Waals surface area contributed by atoms with Gasteiger partial charge in [-0.3, -0.25) is 14.5 Å². The van der Waals surface area contributed by atoms with Crippen molar-refractivity contribution >= 4 is 17.6 Å². The number of ether oxygens (including phenoxy) is 1. The summed E-state index contributed by atoms with van der Waals surface area (Å²) in [6.07, 6.45) is 2.62. The highest BCUT2D eigenvalue weighted by molar-refractivity contribution is 6.09. The summed E-state index contributed by atoms with van der Waals surface area (Å²) in [7, 11) is 1.47. The lowest BCUT2D eigenvalue weighted by atomic mass is 10.1. The molecule has 10 heteroatoms. The minimum atomic E-state index is -1.05. The maximum absolute atomic E-state index is 13.6. The minimum Gasteiger partial charge on any atom is -0.488 e. The zero-order valence-electron chi connectivity index (χ0n) is 16.9. The van der Waals surface area contributed by atoms with Crippen LogP contribution in [-0.2, 0) is 9.53 Å². The van der Waals surface area contributed by atoms with E-state index in [1.54, 1.807) is 6.92 Å². The number of hydrogen-bond acceptors (Lipinski definition) is 6. The number of halogens is 2. The van der Waals surface area contributed by atoms with Gasteiger partial charge in [0, 0.05) is 25.0 Å². The third-order valence-electron chi connectivity index (χ3n) is 4.51. The number of benzene rings is 1. The van der Waals surface area contributed by atoms with Gasteiger partial charge in [0.2, 0.25) is 5.82 Å². The lowest BCUT2D eigenvalue weighted by Gasteiger charge is -2.19. The second-order valence-electron chi connectivity index (χ2n) is 6.65. The number of aliphatic imine (C=N–C) groups is 1. The summed E-state index contributed by atoms with van der Waals surface area (Å²) in [5.74, 6) is -3.18. The fraction of sp³-hybridized carbons (Fsp3) is 0.190. The Morgan fingerprint density at radius 2 is 2.13 bits per heavy atom. The van der Waals surface area contributed by atoms with Crippen LogP contribution in [0, 0.1) is 18.6 Å². The molecule has 8 nitrogen and oxygen atoms in total. The van der Waals surface area contributed by atoms with E-state index in [2.05, 4.69) is 33.4 Å². The molecule has 1 aromatic carbocycles. The molecule has 2 heterocycles. The Hall–Kier alpha value is -3.95. The van der Waals surface area contributed by atoms with Gasteiger partial charge >= 0.3 is 0 Å². The molecule has 0 saturated carbocycles. The van der Waals surface area contributed by atoms with Gasteiger partial charge in [-0.1, -0.05) is 13.2 Å². The van der Waals surface area contributed by atoms with E-state index < -0.39 is 29.5 Å². The predicted molar refractivity (Wildman–Crippen MR) is 109 cm³/mol. The molecule has 2 aromatic rings. The van der Waals surface area contributed by atoms with E-state index in [4.69, 9.17) is 4.74 Å². The minimum absolute atomic E-state index is 0.153. The normalized spacial score (nSPS) is 17.9. The van der Waals surface area contributed by atoms with Crippen LogP contribution < -0.4 is 5.32 Å². The van der Waals surface area contributed by atoms with E-state index in [0.29, 0.717) is 5.56 Å². The van der Waals surface area contributed by atoms with Crippen molar-refractivity contribution in [3.05, 3.63) is 72.5 Å². The molecule has 1 N–H and O–H groups in total. The number of nitrogens with one attached hydrogen (secondary N) is 1. The van der Waals surface area contributed by atoms with E-state index in [9.17, 15) is 18.4 Å². The van der Waals surface area contributed by atoms with E-state index in [-0.39, 0.29) is 35.3 Å². The van der Waals surface area contributed by atoms with Gasteiger partial charge in [-0.2, -0.15) is 0 Å². The molecule has 1 aromatic heterocycles. The highest BCUT2D eigenvalue weighted by Gasteiger charge is 2.33. The van der Waals surface area contributed by atoms with Crippen LogP contribution in [-0.4, -0.2) is 52.2 Å². The number of aryl methyl sites for hydroxylation is 1. The maximum atomic E-state index is 13.6. The largest absolute Gasteiger partial charge is 0.488 e. The van der Waals surface area contributed by atoms with Gasteiger partial charge in [-0.15, -0.1) is 0 Å². The molecule has 0 radical (unpaired) electrons. The number of amidine groups is 1. The average Bonchev–Trinajstić information content (AvgIpc) is 2.84. The van der Waals surface area contributed by atoms with E-state index in [1.165, 1.54) is 30.4 Å². The van der Waals surface area contributed by atoms with Crippen molar-refractivity contribution in [1.82, 2.24) is 20.2 Å². The first-order valence-electron chi connectivity index (χ1n) is 9.11. The van der Waals surface area contributed by atoms with Crippen LogP contribution in [0.2, 0.25) is 0 Å². The summed E-state index contributed by atoms with van der Waals surface area (Å²) in [4.78, 5) is 38.7. The Kier molecular flexibility index (Phi) is 6.19. The molecule has 160 valence electrons. The summed E-state index contributed by atoms with van der Waals surface area (Å²) in [5.41, 5.74) is 1.09. The lowest BCUT2D eigenvalue weighted by molar-refractivity contribution is -0.128. The molecular weight excluding hydrogens is 408 g/mol. The Labute approximate surface area is 177 Å². The number of amides is 2. The van der Waals surface area contributed by atoms with Gasteiger partial charge in [-0.25, -0.2) is 23.7 Å². The molecule has 1 aliphatic rings. The fourth-order valence-corrected chi connectivity index (χ4v) is 2.90. The number of carbonyl (C=O) groups is 2. The van der Waals surface area contributed by atoms with Crippen molar-refractivity contribution in [3.63, 3.8) is 0 Å². The number of aromatic nitrogens is 2. The van der Waals surface area contributed by atoms with Gasteiger partial charge in [0.1, 0.15) is 12.6 Å². The number of likely N-dealkylation sites (N-methyl/N-ethyl adjacent to an activating group) is 1. The third-order valence-corrected chi connectivity index (χ3v) is 4.51. The number of nitrogens with zero attached hydrogens (tertiary/aromatic N) is 4. The van der Waals surface area contributed by atoms with Crippen molar-refractivity contribution < 1.29 is 23.1 Å². The molecule has 1 atom stereocenters. The van der Waals surface area contributed by atoms with Crippen LogP contribution in [0.25, 0.3) is 11.3 Å². The van der Waals surface area contributed by atoms with Crippen molar-refractivity contribution in [1.29, 1.82) is 0 Å². The SMILES string of the molecule is C=CN=C1C(=C)OC[C@H](NC(=O)c2ncc(C)c(-c3ccc(F)c(F)c3)n2)C(=O)N1C. The van der Waals surface area contributed by atoms with Gasteiger partial charge in [-0.05, 0) is 30.7 Å². The molecule has 2 amide bonds. The third kappa shape index (κ3) is 4.47. The smallest absolute Gasteiger partial charge is 0.289 e. The van der Waals surface area contributed by atoms with Crippen LogP contribution in [0.3, 0.4) is 0 Å². The molecule has 0 aliphatic carbocycles. The van der Waals surface area contributed by atoms with Crippen molar-refractivity contribution in [2.45, 2.75) is 13.0 Å². The molecule has 1 aliphatic heterocycles. The first-order valence-corrected chi connectivity index (χ1v) is 9.11. The van der Waals surface area contributed by atoms with Crippen LogP contribution >= 0.6 is 0 Å². The van der Waals surface area contributed by atoms with E-state index in [0.717, 1.165) is 12.1 Å². The summed E-state index contributed by atoms with van der Waals surface area (Å²) >= 11 is 0. The van der Waals surface area contributed by atoms with Crippen molar-refractivity contribution in [3.8, 4) is 11.3 Å². The number of rotatable bonds is 4. The van der Waals surface area contributed by atoms with Crippen LogP contribution in [0.5, 0.6) is 0 Å². The summed E-state index contributed by atoms with van der Waals surface area (Å²) in [6.45, 7) is 8.69. The Bertz CT molecular complexity index is 1120. The Morgan fingerprint density at radius 1 is 1.39 bits per heavy atom. The second-order valence-corrected chi connectivity index (χ2v) is 6.65. The van der Waals surface area contributed by atoms with Crippen LogP contribution in [0.15, 0.2) is 54.5 Å². The van der Waals surface area contributed by atoms with Crippen LogP contribution in [0.1, 0.15) is 16.2 Å². The van der Waals surface area contributed by atoms with Gasteiger partial charge in [0.15, 0.2) is 23.2 Å². The maximum Gasteiger partial charge on any atom is 0.289 e. The Morgan fingerprint density at radius 3 is 2.81 bits per heavy atom. The first kappa shape index (κ1) is 21.8. The van der Waals surface area contributed by atoms with Crippen molar-refractivity contribution in [2.24, 2.45) is 4.99 Å². The predicted octanol–water partition coefficient (Wildman–Crippen LogP) is 2.37. The monoisotopic (exact) mass is 427 g/mol. The topological polar surface area (TPSA) is 96.8 Å². The highest BCUT2D eigenvalue weighted by atomic mass is 19.2. The molecule has 0 spiro atoms. The first-order chi connectivity index (χ1) is 14.7. The Balaban J connectivity index is 1.86. The second kappa shape index (κ2) is 8.82. The molecule has 1 fully saturated rings.